The molecular weight excluding hydrogens is 415 g/mol. The summed E-state index contributed by atoms with van der Waals surface area (Å²) in [5.41, 5.74) is 0. The number of rotatable bonds is 16. The van der Waals surface area contributed by atoms with Gasteiger partial charge in [-0.15, -0.1) is 0 Å². The van der Waals surface area contributed by atoms with Crippen molar-refractivity contribution in [3.05, 3.63) is 0 Å². The molecule has 0 aromatic carbocycles. The quantitative estimate of drug-likeness (QED) is 0.144. The predicted molar refractivity (Wildman–Crippen MR) is 112 cm³/mol. The number of hydrogen-bond donors (Lipinski definition) is 3. The summed E-state index contributed by atoms with van der Waals surface area (Å²) in [5.74, 6) is 4.68. The average Bonchev–Trinajstić information content (AvgIpc) is 2.46. The second kappa shape index (κ2) is 16.7. The second-order valence-corrected chi connectivity index (χ2v) is 12.2. The van der Waals surface area contributed by atoms with Gasteiger partial charge in [-0.05, 0) is 25.0 Å². The maximum absolute atomic E-state index is 10.7. The van der Waals surface area contributed by atoms with Crippen molar-refractivity contribution in [2.45, 2.75) is 19.8 Å². The molecule has 138 valence electrons. The Morgan fingerprint density at radius 2 is 1.39 bits per heavy atom. The summed E-state index contributed by atoms with van der Waals surface area (Å²) < 4.78 is 38.9. The van der Waals surface area contributed by atoms with Crippen molar-refractivity contribution in [1.29, 1.82) is 5.41 Å². The first-order chi connectivity index (χ1) is 11.0. The van der Waals surface area contributed by atoms with Gasteiger partial charge >= 0.3 is 0 Å². The monoisotopic (exact) mass is 439 g/mol. The van der Waals surface area contributed by atoms with Crippen LogP contribution in [0.1, 0.15) is 19.8 Å². The second-order valence-electron chi connectivity index (χ2n) is 4.87. The predicted octanol–water partition coefficient (Wildman–Crippen LogP) is 3.87. The lowest BCUT2D eigenvalue weighted by molar-refractivity contribution is 0.539. The minimum Gasteiger partial charge on any atom is -0.313 e. The fourth-order valence-corrected chi connectivity index (χ4v) is 7.89. The molecule has 4 atom stereocenters. The maximum atomic E-state index is 10.7. The molecule has 23 heavy (non-hydrogen) atoms. The van der Waals surface area contributed by atoms with Crippen LogP contribution in [-0.4, -0.2) is 58.3 Å². The smallest absolute Gasteiger partial charge is 0.153 e. The number of nitrogens with one attached hydrogen (secondary N) is 1. The van der Waals surface area contributed by atoms with E-state index in [0.29, 0.717) is 5.75 Å². The Morgan fingerprint density at radius 1 is 0.913 bits per heavy atom. The van der Waals surface area contributed by atoms with Crippen LogP contribution in [0.5, 0.6) is 0 Å². The lowest BCUT2D eigenvalue weighted by Gasteiger charge is -2.08. The van der Waals surface area contributed by atoms with Gasteiger partial charge in [0, 0.05) is 28.9 Å². The van der Waals surface area contributed by atoms with Crippen LogP contribution in [0.3, 0.4) is 0 Å². The molecule has 0 bridgehead atoms. The zero-order valence-corrected chi connectivity index (χ0v) is 17.9. The van der Waals surface area contributed by atoms with Gasteiger partial charge in [-0.3, -0.25) is 0 Å². The summed E-state index contributed by atoms with van der Waals surface area (Å²) in [4.78, 5) is 0. The molecule has 0 saturated heterocycles. The first kappa shape index (κ1) is 24.3. The highest BCUT2D eigenvalue weighted by Gasteiger charge is 2.09. The summed E-state index contributed by atoms with van der Waals surface area (Å²) in [6.45, 7) is 2.00. The van der Waals surface area contributed by atoms with Crippen LogP contribution < -0.4 is 0 Å². The Bertz CT molecular complexity index is 360. The molecule has 0 fully saturated rings. The van der Waals surface area contributed by atoms with Crippen molar-refractivity contribution in [3.63, 3.8) is 0 Å². The Morgan fingerprint density at radius 3 is 1.87 bits per heavy atom. The van der Waals surface area contributed by atoms with Gasteiger partial charge in [-0.2, -0.15) is 0 Å². The third-order valence-corrected chi connectivity index (χ3v) is 9.41. The van der Waals surface area contributed by atoms with E-state index in [9.17, 15) is 8.42 Å². The van der Waals surface area contributed by atoms with Gasteiger partial charge in [-0.1, -0.05) is 50.1 Å². The molecule has 0 rings (SSSR count). The van der Waals surface area contributed by atoms with Crippen LogP contribution >= 0.6 is 43.2 Å². The lowest BCUT2D eigenvalue weighted by Crippen LogP contribution is -2.12. The SMILES string of the molecule is C[C@@H](CCSSCCSSCC[C@H](C=N)CS(=O)O)CS(=O)O. The minimum absolute atomic E-state index is 0.103. The summed E-state index contributed by atoms with van der Waals surface area (Å²) in [6.07, 6.45) is 2.99. The van der Waals surface area contributed by atoms with Crippen LogP contribution in [0, 0.1) is 17.2 Å². The molecule has 0 spiro atoms. The van der Waals surface area contributed by atoms with E-state index in [-0.39, 0.29) is 17.6 Å². The summed E-state index contributed by atoms with van der Waals surface area (Å²) >= 11 is -3.50. The van der Waals surface area contributed by atoms with E-state index in [4.69, 9.17) is 14.5 Å². The molecule has 0 aliphatic carbocycles. The van der Waals surface area contributed by atoms with E-state index in [0.717, 1.165) is 35.9 Å². The van der Waals surface area contributed by atoms with Crippen molar-refractivity contribution in [3.8, 4) is 0 Å². The third kappa shape index (κ3) is 17.9. The highest BCUT2D eigenvalue weighted by atomic mass is 33.1. The molecule has 0 amide bonds. The fourth-order valence-electron chi connectivity index (χ4n) is 1.48. The van der Waals surface area contributed by atoms with Crippen LogP contribution in [0.4, 0.5) is 0 Å². The van der Waals surface area contributed by atoms with E-state index in [1.165, 1.54) is 6.21 Å². The van der Waals surface area contributed by atoms with E-state index in [2.05, 4.69) is 0 Å². The topological polar surface area (TPSA) is 98.5 Å². The zero-order valence-electron chi connectivity index (χ0n) is 13.0. The van der Waals surface area contributed by atoms with E-state index in [1.54, 1.807) is 21.6 Å². The fraction of sp³-hybridized carbons (Fsp3) is 0.917. The summed E-state index contributed by atoms with van der Waals surface area (Å²) in [6, 6.07) is 0. The van der Waals surface area contributed by atoms with Crippen LogP contribution in [0.2, 0.25) is 0 Å². The van der Waals surface area contributed by atoms with Crippen molar-refractivity contribution in [2.24, 2.45) is 11.8 Å². The Balaban J connectivity index is 3.35. The molecule has 3 N–H and O–H groups in total. The zero-order chi connectivity index (χ0) is 17.5. The van der Waals surface area contributed by atoms with Crippen LogP contribution in [0.25, 0.3) is 0 Å². The van der Waals surface area contributed by atoms with Gasteiger partial charge in [0.1, 0.15) is 0 Å². The molecular formula is C12H25NO4S6. The minimum atomic E-state index is -1.82. The van der Waals surface area contributed by atoms with Gasteiger partial charge in [0.05, 0.1) is 11.5 Å². The summed E-state index contributed by atoms with van der Waals surface area (Å²) in [5, 5.41) is 7.21. The molecule has 0 saturated carbocycles. The van der Waals surface area contributed by atoms with Crippen molar-refractivity contribution in [1.82, 2.24) is 0 Å². The molecule has 0 heterocycles. The molecule has 0 aromatic rings. The molecule has 2 unspecified atom stereocenters. The molecule has 0 aliphatic heterocycles. The van der Waals surface area contributed by atoms with E-state index < -0.39 is 22.2 Å². The highest BCUT2D eigenvalue weighted by molar-refractivity contribution is 8.78. The van der Waals surface area contributed by atoms with Gasteiger partial charge in [0.2, 0.25) is 0 Å². The van der Waals surface area contributed by atoms with Crippen LogP contribution in [0.15, 0.2) is 0 Å². The van der Waals surface area contributed by atoms with Crippen molar-refractivity contribution < 1.29 is 17.5 Å². The largest absolute Gasteiger partial charge is 0.313 e. The first-order valence-corrected chi connectivity index (χ1v) is 14.6. The molecule has 5 nitrogen and oxygen atoms in total. The normalized spacial score (nSPS) is 16.7. The Hall–Kier alpha value is 1.29. The Kier molecular flexibility index (Phi) is 17.7. The first-order valence-electron chi connectivity index (χ1n) is 7.10. The molecule has 0 aromatic heterocycles. The average molecular weight is 440 g/mol. The van der Waals surface area contributed by atoms with E-state index in [1.807, 2.05) is 28.5 Å². The number of hydrogen-bond acceptors (Lipinski definition) is 7. The third-order valence-electron chi connectivity index (χ3n) is 2.70. The van der Waals surface area contributed by atoms with Crippen molar-refractivity contribution in [2.75, 3.05) is 34.5 Å². The standard InChI is InChI=1S/C12H25NO4S6/c1-11(9-22(14)15)2-4-18-20-6-7-21-19-5-3-12(8-13)10-23(16)17/h8,11-13H,2-7,9-10H2,1H3,(H,14,15)(H,16,17)/t11-,12+/m0/s1. The van der Waals surface area contributed by atoms with Crippen LogP contribution in [-0.2, 0) is 22.2 Å². The van der Waals surface area contributed by atoms with Gasteiger partial charge in [0.15, 0.2) is 22.2 Å². The maximum Gasteiger partial charge on any atom is 0.153 e. The molecule has 0 radical (unpaired) electrons. The van der Waals surface area contributed by atoms with Crippen molar-refractivity contribution >= 4 is 71.6 Å². The molecule has 0 aliphatic rings. The van der Waals surface area contributed by atoms with Gasteiger partial charge in [0.25, 0.3) is 0 Å². The molecule has 11 heteroatoms. The lowest BCUT2D eigenvalue weighted by atomic mass is 10.1. The summed E-state index contributed by atoms with van der Waals surface area (Å²) in [7, 11) is 7.18. The Labute approximate surface area is 159 Å². The van der Waals surface area contributed by atoms with Gasteiger partial charge in [-0.25, -0.2) is 8.42 Å². The highest BCUT2D eigenvalue weighted by Crippen LogP contribution is 2.28. The van der Waals surface area contributed by atoms with E-state index >= 15 is 0 Å². The van der Waals surface area contributed by atoms with Gasteiger partial charge < -0.3 is 14.5 Å².